The van der Waals surface area contributed by atoms with Crippen LogP contribution in [0, 0.1) is 11.3 Å². The van der Waals surface area contributed by atoms with Crippen LogP contribution in [0.3, 0.4) is 0 Å². The van der Waals surface area contributed by atoms with Gasteiger partial charge < -0.3 is 0 Å². The fourth-order valence-corrected chi connectivity index (χ4v) is 0. The Hall–Kier alpha value is 0.260. The zero-order valence-corrected chi connectivity index (χ0v) is 4.62. The molecule has 0 aromatic carbocycles. The first kappa shape index (κ1) is 5.26. The van der Waals surface area contributed by atoms with Crippen molar-refractivity contribution < 1.29 is 0 Å². The van der Waals surface area contributed by atoms with Crippen LogP contribution in [0.1, 0.15) is 0 Å². The summed E-state index contributed by atoms with van der Waals surface area (Å²) in [6.45, 7) is 0. The number of nitriles is 1. The number of nitrogens with zero attached hydrogens (tertiary/aromatic N) is 1. The standard InChI is InChI=1S/C2HBrClN/c3-2(4)1-5/h2H/t2-/m1/s1. The summed E-state index contributed by atoms with van der Waals surface area (Å²) in [6.07, 6.45) is 0. The zero-order valence-electron chi connectivity index (χ0n) is 2.28. The molecule has 0 spiro atoms. The van der Waals surface area contributed by atoms with E-state index in [1.807, 2.05) is 0 Å². The normalized spacial score (nSPS) is 13.0. The summed E-state index contributed by atoms with van der Waals surface area (Å²) in [5.74, 6) is 0. The van der Waals surface area contributed by atoms with Crippen LogP contribution in [0.15, 0.2) is 0 Å². The lowest BCUT2D eigenvalue weighted by atomic mass is 10.9. The van der Waals surface area contributed by atoms with Crippen molar-refractivity contribution in [3.05, 3.63) is 0 Å². The Morgan fingerprint density at radius 2 is 2.20 bits per heavy atom. The Balaban J connectivity index is 2.94. The smallest absolute Gasteiger partial charge is 0.174 e. The molecule has 0 aromatic heterocycles. The summed E-state index contributed by atoms with van der Waals surface area (Å²) in [5.41, 5.74) is 0. The van der Waals surface area contributed by atoms with Crippen molar-refractivity contribution >= 4 is 27.5 Å². The topological polar surface area (TPSA) is 23.8 Å². The Kier molecular flexibility index (Phi) is 2.62. The summed E-state index contributed by atoms with van der Waals surface area (Å²) >= 11 is 7.80. The van der Waals surface area contributed by atoms with E-state index in [2.05, 4.69) is 15.9 Å². The van der Waals surface area contributed by atoms with E-state index < -0.39 is 4.29 Å². The molecule has 0 radical (unpaired) electrons. The number of hydrogen-bond donors (Lipinski definition) is 0. The second-order valence-corrected chi connectivity index (χ2v) is 2.31. The van der Waals surface area contributed by atoms with E-state index in [1.165, 1.54) is 0 Å². The Morgan fingerprint density at radius 1 is 2.00 bits per heavy atom. The molecule has 5 heavy (non-hydrogen) atoms. The summed E-state index contributed by atoms with van der Waals surface area (Å²) in [4.78, 5) is 0. The van der Waals surface area contributed by atoms with Crippen LogP contribution in [0.5, 0.6) is 0 Å². The highest BCUT2D eigenvalue weighted by Gasteiger charge is 1.85. The maximum Gasteiger partial charge on any atom is 0.174 e. The lowest BCUT2D eigenvalue weighted by Gasteiger charge is -1.70. The van der Waals surface area contributed by atoms with Crippen molar-refractivity contribution in [1.82, 2.24) is 0 Å². The van der Waals surface area contributed by atoms with Gasteiger partial charge in [0.2, 0.25) is 0 Å². The molecule has 0 saturated carbocycles. The van der Waals surface area contributed by atoms with Crippen LogP contribution < -0.4 is 0 Å². The molecule has 0 fully saturated rings. The minimum Gasteiger partial charge on any atom is -0.196 e. The van der Waals surface area contributed by atoms with Gasteiger partial charge in [0.25, 0.3) is 0 Å². The first-order valence-corrected chi connectivity index (χ1v) is 2.30. The molecule has 0 aliphatic carbocycles. The van der Waals surface area contributed by atoms with Gasteiger partial charge in [-0.25, -0.2) is 0 Å². The molecule has 0 bridgehead atoms. The fourth-order valence-electron chi connectivity index (χ4n) is 0. The Morgan fingerprint density at radius 3 is 2.20 bits per heavy atom. The molecule has 0 aliphatic heterocycles. The van der Waals surface area contributed by atoms with Crippen molar-refractivity contribution in [1.29, 1.82) is 5.26 Å². The van der Waals surface area contributed by atoms with Crippen LogP contribution in [0.4, 0.5) is 0 Å². The SMILES string of the molecule is N#C[C@@H](Cl)Br. The van der Waals surface area contributed by atoms with Crippen molar-refractivity contribution in [2.75, 3.05) is 0 Å². The van der Waals surface area contributed by atoms with E-state index in [-0.39, 0.29) is 0 Å². The fraction of sp³-hybridized carbons (Fsp3) is 0.500. The lowest BCUT2D eigenvalue weighted by molar-refractivity contribution is 1.47. The van der Waals surface area contributed by atoms with E-state index in [1.54, 1.807) is 6.07 Å². The molecule has 0 N–H and O–H groups in total. The molecule has 0 rings (SSSR count). The second kappa shape index (κ2) is 2.49. The zero-order chi connectivity index (χ0) is 4.28. The van der Waals surface area contributed by atoms with Crippen LogP contribution in [-0.2, 0) is 0 Å². The van der Waals surface area contributed by atoms with Gasteiger partial charge in [-0.15, -0.1) is 0 Å². The van der Waals surface area contributed by atoms with E-state index in [0.717, 1.165) is 0 Å². The van der Waals surface area contributed by atoms with Gasteiger partial charge in [-0.1, -0.05) is 27.5 Å². The average Bonchev–Trinajstić information content (AvgIpc) is 1.38. The third-order valence-corrected chi connectivity index (χ3v) is 0.400. The number of rotatable bonds is 0. The first-order chi connectivity index (χ1) is 2.27. The van der Waals surface area contributed by atoms with Crippen LogP contribution >= 0.6 is 27.5 Å². The molecule has 0 heterocycles. The van der Waals surface area contributed by atoms with E-state index in [0.29, 0.717) is 0 Å². The van der Waals surface area contributed by atoms with Gasteiger partial charge in [-0.05, 0) is 0 Å². The first-order valence-electron chi connectivity index (χ1n) is 0.949. The van der Waals surface area contributed by atoms with Crippen LogP contribution in [0.2, 0.25) is 0 Å². The molecule has 0 aromatic rings. The van der Waals surface area contributed by atoms with Crippen molar-refractivity contribution in [2.45, 2.75) is 4.29 Å². The van der Waals surface area contributed by atoms with Gasteiger partial charge in [-0.3, -0.25) is 0 Å². The monoisotopic (exact) mass is 153 g/mol. The summed E-state index contributed by atoms with van der Waals surface area (Å²) < 4.78 is -0.525. The quantitative estimate of drug-likeness (QED) is 0.485. The summed E-state index contributed by atoms with van der Waals surface area (Å²) in [7, 11) is 0. The Bertz CT molecular complexity index is 55.2. The third kappa shape index (κ3) is 4.26. The molecular weight excluding hydrogens is 153 g/mol. The van der Waals surface area contributed by atoms with Crippen LogP contribution in [-0.4, -0.2) is 4.29 Å². The molecule has 0 saturated heterocycles. The third-order valence-electron chi connectivity index (χ3n) is 0.0976. The van der Waals surface area contributed by atoms with E-state index in [4.69, 9.17) is 16.9 Å². The molecule has 3 heteroatoms. The largest absolute Gasteiger partial charge is 0.196 e. The second-order valence-electron chi connectivity index (χ2n) is 0.430. The minimum absolute atomic E-state index is 0.525. The predicted molar refractivity (Wildman–Crippen MR) is 24.2 cm³/mol. The number of alkyl halides is 2. The lowest BCUT2D eigenvalue weighted by Crippen LogP contribution is -1.69. The van der Waals surface area contributed by atoms with Crippen molar-refractivity contribution in [3.63, 3.8) is 0 Å². The van der Waals surface area contributed by atoms with Crippen LogP contribution in [0.25, 0.3) is 0 Å². The molecule has 1 atom stereocenters. The molecule has 0 amide bonds. The molecule has 0 aliphatic rings. The minimum atomic E-state index is -0.525. The van der Waals surface area contributed by atoms with Gasteiger partial charge in [-0.2, -0.15) is 5.26 Å². The van der Waals surface area contributed by atoms with Crippen molar-refractivity contribution in [3.8, 4) is 6.07 Å². The Labute approximate surface area is 43.7 Å². The molecule has 0 unspecified atom stereocenters. The van der Waals surface area contributed by atoms with E-state index in [9.17, 15) is 0 Å². The highest BCUT2D eigenvalue weighted by molar-refractivity contribution is 9.10. The molecular formula is C2HBrClN. The van der Waals surface area contributed by atoms with Gasteiger partial charge in [0, 0.05) is 0 Å². The van der Waals surface area contributed by atoms with Gasteiger partial charge in [0.15, 0.2) is 4.29 Å². The molecule has 28 valence electrons. The highest BCUT2D eigenvalue weighted by atomic mass is 79.9. The van der Waals surface area contributed by atoms with Gasteiger partial charge in [0.05, 0.1) is 6.07 Å². The number of halogens is 2. The van der Waals surface area contributed by atoms with Crippen molar-refractivity contribution in [2.24, 2.45) is 0 Å². The summed E-state index contributed by atoms with van der Waals surface area (Å²) in [5, 5.41) is 7.71. The van der Waals surface area contributed by atoms with E-state index >= 15 is 0 Å². The van der Waals surface area contributed by atoms with Gasteiger partial charge >= 0.3 is 0 Å². The predicted octanol–water partition coefficient (Wildman–Crippen LogP) is 1.47. The number of hydrogen-bond acceptors (Lipinski definition) is 1. The average molecular weight is 154 g/mol. The van der Waals surface area contributed by atoms with Gasteiger partial charge in [0.1, 0.15) is 0 Å². The summed E-state index contributed by atoms with van der Waals surface area (Å²) in [6, 6.07) is 1.71. The maximum atomic E-state index is 7.71. The maximum absolute atomic E-state index is 7.71. The molecule has 1 nitrogen and oxygen atoms in total. The highest BCUT2D eigenvalue weighted by Crippen LogP contribution is 1.99.